The molecule has 6 nitrogen and oxygen atoms in total. The maximum atomic E-state index is 12.1. The highest BCUT2D eigenvalue weighted by molar-refractivity contribution is 5.75. The zero-order chi connectivity index (χ0) is 14.5. The van der Waals surface area contributed by atoms with Crippen molar-refractivity contribution in [3.63, 3.8) is 0 Å². The highest BCUT2D eigenvalue weighted by atomic mass is 16.5. The molecule has 20 heavy (non-hydrogen) atoms. The summed E-state index contributed by atoms with van der Waals surface area (Å²) >= 11 is 0. The number of carboxylic acid groups (broad SMARTS) is 1. The predicted molar refractivity (Wildman–Crippen MR) is 73.5 cm³/mol. The summed E-state index contributed by atoms with van der Waals surface area (Å²) in [5, 5.41) is 11.9. The Morgan fingerprint density at radius 3 is 2.50 bits per heavy atom. The van der Waals surface area contributed by atoms with E-state index in [0.717, 1.165) is 25.9 Å². The second-order valence-corrected chi connectivity index (χ2v) is 5.74. The fourth-order valence-electron chi connectivity index (χ4n) is 2.87. The summed E-state index contributed by atoms with van der Waals surface area (Å²) in [6.45, 7) is 3.77. The molecule has 114 valence electrons. The molecule has 2 fully saturated rings. The van der Waals surface area contributed by atoms with Gasteiger partial charge in [-0.1, -0.05) is 0 Å². The molecule has 2 aliphatic rings. The third-order valence-corrected chi connectivity index (χ3v) is 4.26. The number of piperidine rings is 1. The van der Waals surface area contributed by atoms with Gasteiger partial charge >= 0.3 is 12.0 Å². The van der Waals surface area contributed by atoms with Crippen LogP contribution in [0.5, 0.6) is 0 Å². The smallest absolute Gasteiger partial charge is 0.317 e. The van der Waals surface area contributed by atoms with Gasteiger partial charge in [0, 0.05) is 19.7 Å². The summed E-state index contributed by atoms with van der Waals surface area (Å²) in [6.07, 6.45) is 4.41. The second-order valence-electron chi connectivity index (χ2n) is 5.74. The molecule has 2 saturated heterocycles. The topological polar surface area (TPSA) is 78.9 Å². The van der Waals surface area contributed by atoms with E-state index >= 15 is 0 Å². The molecule has 6 heteroatoms. The fourth-order valence-corrected chi connectivity index (χ4v) is 2.87. The standard InChI is InChI=1S/C14H24N2O4/c1-10(12-4-2-3-9-20-12)15-14(19)16-7-5-11(6-8-16)13(17)18/h10-12H,2-9H2,1H3,(H,15,19)(H,17,18). The number of urea groups is 1. The minimum absolute atomic E-state index is 0.00000257. The number of nitrogens with one attached hydrogen (secondary N) is 1. The summed E-state index contributed by atoms with van der Waals surface area (Å²) in [5.41, 5.74) is 0. The molecule has 0 aromatic rings. The quantitative estimate of drug-likeness (QED) is 0.822. The third kappa shape index (κ3) is 3.85. The molecule has 2 heterocycles. The van der Waals surface area contributed by atoms with Gasteiger partial charge in [0.25, 0.3) is 0 Å². The van der Waals surface area contributed by atoms with Crippen molar-refractivity contribution in [2.45, 2.75) is 51.2 Å². The lowest BCUT2D eigenvalue weighted by molar-refractivity contribution is -0.143. The second kappa shape index (κ2) is 6.92. The number of aliphatic carboxylic acids is 1. The van der Waals surface area contributed by atoms with Gasteiger partial charge in [0.05, 0.1) is 18.1 Å². The summed E-state index contributed by atoms with van der Waals surface area (Å²) in [6, 6.07) is -0.101. The van der Waals surface area contributed by atoms with E-state index in [2.05, 4.69) is 5.32 Å². The highest BCUT2D eigenvalue weighted by Crippen LogP contribution is 2.19. The summed E-state index contributed by atoms with van der Waals surface area (Å²) < 4.78 is 5.67. The average Bonchev–Trinajstić information content (AvgIpc) is 2.48. The maximum absolute atomic E-state index is 12.1. The van der Waals surface area contributed by atoms with Crippen molar-refractivity contribution >= 4 is 12.0 Å². The molecule has 0 spiro atoms. The van der Waals surface area contributed by atoms with E-state index in [1.165, 1.54) is 0 Å². The maximum Gasteiger partial charge on any atom is 0.317 e. The Bertz CT molecular complexity index is 347. The zero-order valence-electron chi connectivity index (χ0n) is 12.0. The lowest BCUT2D eigenvalue weighted by Gasteiger charge is -2.33. The van der Waals surface area contributed by atoms with Gasteiger partial charge < -0.3 is 20.1 Å². The molecular weight excluding hydrogens is 260 g/mol. The van der Waals surface area contributed by atoms with Crippen LogP contribution < -0.4 is 5.32 Å². The summed E-state index contributed by atoms with van der Waals surface area (Å²) in [4.78, 5) is 24.7. The van der Waals surface area contributed by atoms with Crippen LogP contribution >= 0.6 is 0 Å². The number of rotatable bonds is 3. The molecule has 0 bridgehead atoms. The Morgan fingerprint density at radius 1 is 1.25 bits per heavy atom. The van der Waals surface area contributed by atoms with E-state index in [1.807, 2.05) is 6.92 Å². The van der Waals surface area contributed by atoms with Gasteiger partial charge in [-0.2, -0.15) is 0 Å². The first-order valence-corrected chi connectivity index (χ1v) is 7.48. The van der Waals surface area contributed by atoms with Crippen LogP contribution in [-0.4, -0.2) is 53.8 Å². The number of likely N-dealkylation sites (tertiary alicyclic amines) is 1. The lowest BCUT2D eigenvalue weighted by atomic mass is 9.97. The third-order valence-electron chi connectivity index (χ3n) is 4.26. The van der Waals surface area contributed by atoms with Crippen LogP contribution in [0.4, 0.5) is 4.79 Å². The normalized spacial score (nSPS) is 26.1. The van der Waals surface area contributed by atoms with Crippen LogP contribution in [-0.2, 0) is 9.53 Å². The molecule has 2 unspecified atom stereocenters. The highest BCUT2D eigenvalue weighted by Gasteiger charge is 2.29. The first-order valence-electron chi connectivity index (χ1n) is 7.48. The van der Waals surface area contributed by atoms with Crippen molar-refractivity contribution in [1.29, 1.82) is 0 Å². The van der Waals surface area contributed by atoms with Gasteiger partial charge in [-0.15, -0.1) is 0 Å². The van der Waals surface area contributed by atoms with E-state index in [-0.39, 0.29) is 24.1 Å². The Kier molecular flexibility index (Phi) is 5.23. The number of carbonyl (C=O) groups excluding carboxylic acids is 1. The predicted octanol–water partition coefficient (Wildman–Crippen LogP) is 1.45. The molecule has 0 aromatic carbocycles. The van der Waals surface area contributed by atoms with Gasteiger partial charge in [-0.05, 0) is 39.0 Å². The van der Waals surface area contributed by atoms with Gasteiger partial charge in [0.1, 0.15) is 0 Å². The number of nitrogens with zero attached hydrogens (tertiary/aromatic N) is 1. The molecule has 2 amide bonds. The van der Waals surface area contributed by atoms with Gasteiger partial charge in [0.15, 0.2) is 0 Å². The summed E-state index contributed by atoms with van der Waals surface area (Å²) in [7, 11) is 0. The Morgan fingerprint density at radius 2 is 1.95 bits per heavy atom. The number of amides is 2. The molecule has 2 rings (SSSR count). The SMILES string of the molecule is CC(NC(=O)N1CCC(C(=O)O)CC1)C1CCCCO1. The van der Waals surface area contributed by atoms with Crippen LogP contribution in [0.1, 0.15) is 39.0 Å². The zero-order valence-corrected chi connectivity index (χ0v) is 12.0. The van der Waals surface area contributed by atoms with Crippen molar-refractivity contribution in [2.24, 2.45) is 5.92 Å². The molecule has 2 aliphatic heterocycles. The summed E-state index contributed by atoms with van der Waals surface area (Å²) in [5.74, 6) is -1.06. The van der Waals surface area contributed by atoms with Crippen LogP contribution in [0.2, 0.25) is 0 Å². The Labute approximate surface area is 119 Å². The van der Waals surface area contributed by atoms with Gasteiger partial charge in [0.2, 0.25) is 0 Å². The molecule has 0 aromatic heterocycles. The minimum atomic E-state index is -0.756. The van der Waals surface area contributed by atoms with Crippen LogP contribution in [0, 0.1) is 5.92 Å². The first-order chi connectivity index (χ1) is 9.58. The van der Waals surface area contributed by atoms with E-state index in [4.69, 9.17) is 9.84 Å². The average molecular weight is 284 g/mol. The Balaban J connectivity index is 1.76. The minimum Gasteiger partial charge on any atom is -0.481 e. The van der Waals surface area contributed by atoms with E-state index in [9.17, 15) is 9.59 Å². The van der Waals surface area contributed by atoms with E-state index < -0.39 is 5.97 Å². The van der Waals surface area contributed by atoms with Crippen molar-refractivity contribution in [1.82, 2.24) is 10.2 Å². The van der Waals surface area contributed by atoms with Crippen molar-refractivity contribution in [3.05, 3.63) is 0 Å². The number of hydrogen-bond donors (Lipinski definition) is 2. The molecule has 2 atom stereocenters. The molecule has 0 radical (unpaired) electrons. The van der Waals surface area contributed by atoms with E-state index in [1.54, 1.807) is 4.90 Å². The van der Waals surface area contributed by atoms with E-state index in [0.29, 0.717) is 25.9 Å². The van der Waals surface area contributed by atoms with Gasteiger partial charge in [-0.25, -0.2) is 4.79 Å². The molecule has 2 N–H and O–H groups in total. The van der Waals surface area contributed by atoms with Crippen LogP contribution in [0.25, 0.3) is 0 Å². The molecular formula is C14H24N2O4. The van der Waals surface area contributed by atoms with Crippen molar-refractivity contribution in [3.8, 4) is 0 Å². The van der Waals surface area contributed by atoms with Crippen molar-refractivity contribution < 1.29 is 19.4 Å². The largest absolute Gasteiger partial charge is 0.481 e. The lowest BCUT2D eigenvalue weighted by Crippen LogP contribution is -2.51. The number of carbonyl (C=O) groups is 2. The first kappa shape index (κ1) is 15.1. The fraction of sp³-hybridized carbons (Fsp3) is 0.857. The van der Waals surface area contributed by atoms with Crippen LogP contribution in [0.15, 0.2) is 0 Å². The van der Waals surface area contributed by atoms with Crippen LogP contribution in [0.3, 0.4) is 0 Å². The van der Waals surface area contributed by atoms with Gasteiger partial charge in [-0.3, -0.25) is 4.79 Å². The number of hydrogen-bond acceptors (Lipinski definition) is 3. The van der Waals surface area contributed by atoms with Crippen molar-refractivity contribution in [2.75, 3.05) is 19.7 Å². The monoisotopic (exact) mass is 284 g/mol. The Hall–Kier alpha value is -1.30. The molecule has 0 aliphatic carbocycles. The number of ether oxygens (including phenoxy) is 1. The molecule has 0 saturated carbocycles. The number of carboxylic acids is 1.